The molecule has 0 spiro atoms. The van der Waals surface area contributed by atoms with Crippen LogP contribution in [0.2, 0.25) is 0 Å². The van der Waals surface area contributed by atoms with E-state index in [0.717, 1.165) is 37.2 Å². The zero-order valence-electron chi connectivity index (χ0n) is 16.0. The molecule has 2 aliphatic heterocycles. The highest BCUT2D eigenvalue weighted by molar-refractivity contribution is 7.92. The van der Waals surface area contributed by atoms with Gasteiger partial charge in [-0.15, -0.1) is 0 Å². The van der Waals surface area contributed by atoms with E-state index >= 15 is 0 Å². The minimum Gasteiger partial charge on any atom is -0.333 e. The number of nitrogens with zero attached hydrogens (tertiary/aromatic N) is 2. The second-order valence-electron chi connectivity index (χ2n) is 7.39. The molecule has 2 aromatic carbocycles. The SMILES string of the molecule is C[C@H]1CNCCN1C(=O)c1cccc(S(=O)(=O)N2CCCc3ccccc32)c1. The van der Waals surface area contributed by atoms with Crippen LogP contribution in [0.25, 0.3) is 0 Å². The summed E-state index contributed by atoms with van der Waals surface area (Å²) in [6, 6.07) is 14.1. The Morgan fingerprint density at radius 1 is 1.11 bits per heavy atom. The van der Waals surface area contributed by atoms with Gasteiger partial charge in [0.15, 0.2) is 0 Å². The van der Waals surface area contributed by atoms with E-state index in [9.17, 15) is 13.2 Å². The van der Waals surface area contributed by atoms with Crippen molar-refractivity contribution >= 4 is 21.6 Å². The maximum atomic E-state index is 13.4. The van der Waals surface area contributed by atoms with Gasteiger partial charge in [-0.25, -0.2) is 8.42 Å². The maximum absolute atomic E-state index is 13.4. The first-order valence-electron chi connectivity index (χ1n) is 9.71. The van der Waals surface area contributed by atoms with E-state index in [1.54, 1.807) is 23.1 Å². The summed E-state index contributed by atoms with van der Waals surface area (Å²) in [5, 5.41) is 3.26. The molecule has 0 saturated carbocycles. The van der Waals surface area contributed by atoms with Gasteiger partial charge in [0.05, 0.1) is 10.6 Å². The number of para-hydroxylation sites is 1. The van der Waals surface area contributed by atoms with Gasteiger partial charge in [-0.2, -0.15) is 0 Å². The fourth-order valence-electron chi connectivity index (χ4n) is 3.97. The van der Waals surface area contributed by atoms with Crippen molar-refractivity contribution in [2.45, 2.75) is 30.7 Å². The number of piperazine rings is 1. The number of benzene rings is 2. The Labute approximate surface area is 166 Å². The molecule has 2 aromatic rings. The lowest BCUT2D eigenvalue weighted by Crippen LogP contribution is -2.52. The normalized spacial score (nSPS) is 20.0. The monoisotopic (exact) mass is 399 g/mol. The number of hydrogen-bond donors (Lipinski definition) is 1. The number of nitrogens with one attached hydrogen (secondary N) is 1. The molecule has 7 heteroatoms. The Hall–Kier alpha value is -2.38. The summed E-state index contributed by atoms with van der Waals surface area (Å²) < 4.78 is 28.2. The van der Waals surface area contributed by atoms with Crippen molar-refractivity contribution in [2.24, 2.45) is 0 Å². The second kappa shape index (κ2) is 7.56. The molecule has 6 nitrogen and oxygen atoms in total. The lowest BCUT2D eigenvalue weighted by Gasteiger charge is -2.34. The summed E-state index contributed by atoms with van der Waals surface area (Å²) in [5.41, 5.74) is 2.19. The molecule has 0 radical (unpaired) electrons. The van der Waals surface area contributed by atoms with Crippen molar-refractivity contribution in [3.63, 3.8) is 0 Å². The van der Waals surface area contributed by atoms with E-state index in [1.165, 1.54) is 10.4 Å². The molecule has 1 N–H and O–H groups in total. The molecule has 148 valence electrons. The molecule has 28 heavy (non-hydrogen) atoms. The summed E-state index contributed by atoms with van der Waals surface area (Å²) in [6.07, 6.45) is 1.66. The highest BCUT2D eigenvalue weighted by Gasteiger charge is 2.30. The molecule has 1 amide bonds. The number of amides is 1. The van der Waals surface area contributed by atoms with Crippen molar-refractivity contribution in [3.8, 4) is 0 Å². The lowest BCUT2D eigenvalue weighted by atomic mass is 10.0. The fourth-order valence-corrected chi connectivity index (χ4v) is 5.56. The third-order valence-electron chi connectivity index (χ3n) is 5.50. The molecule has 2 aliphatic rings. The van der Waals surface area contributed by atoms with Crippen LogP contribution in [0.5, 0.6) is 0 Å². The van der Waals surface area contributed by atoms with Crippen molar-refractivity contribution in [1.29, 1.82) is 0 Å². The van der Waals surface area contributed by atoms with Gasteiger partial charge in [-0.05, 0) is 49.6 Å². The molecule has 0 bridgehead atoms. The topological polar surface area (TPSA) is 69.7 Å². The van der Waals surface area contributed by atoms with Crippen molar-refractivity contribution < 1.29 is 13.2 Å². The molecule has 0 unspecified atom stereocenters. The lowest BCUT2D eigenvalue weighted by molar-refractivity contribution is 0.0655. The zero-order chi connectivity index (χ0) is 19.7. The van der Waals surface area contributed by atoms with Gasteiger partial charge in [-0.3, -0.25) is 9.10 Å². The average molecular weight is 400 g/mol. The van der Waals surface area contributed by atoms with E-state index in [4.69, 9.17) is 0 Å². The quantitative estimate of drug-likeness (QED) is 0.860. The Bertz CT molecular complexity index is 990. The Kier molecular flexibility index (Phi) is 5.12. The zero-order valence-corrected chi connectivity index (χ0v) is 16.8. The second-order valence-corrected chi connectivity index (χ2v) is 9.25. The first-order valence-corrected chi connectivity index (χ1v) is 11.1. The van der Waals surface area contributed by atoms with E-state index in [1.807, 2.05) is 31.2 Å². The van der Waals surface area contributed by atoms with Crippen LogP contribution in [-0.4, -0.2) is 51.4 Å². The Morgan fingerprint density at radius 3 is 2.75 bits per heavy atom. The number of aryl methyl sites for hydroxylation is 1. The molecular formula is C21H25N3O3S. The first-order chi connectivity index (χ1) is 13.5. The van der Waals surface area contributed by atoms with Crippen LogP contribution in [0.1, 0.15) is 29.3 Å². The van der Waals surface area contributed by atoms with Crippen LogP contribution in [0.3, 0.4) is 0 Å². The minimum absolute atomic E-state index is 0.0792. The van der Waals surface area contributed by atoms with Crippen molar-refractivity contribution in [3.05, 3.63) is 59.7 Å². The van der Waals surface area contributed by atoms with Crippen LogP contribution in [0.15, 0.2) is 53.4 Å². The van der Waals surface area contributed by atoms with Gasteiger partial charge in [0.2, 0.25) is 0 Å². The first kappa shape index (κ1) is 19.0. The standard InChI is InChI=1S/C21H25N3O3S/c1-16-15-22-11-13-23(16)21(25)18-7-4-9-19(14-18)28(26,27)24-12-5-8-17-6-2-3-10-20(17)24/h2-4,6-7,9-10,14,16,22H,5,8,11-13,15H2,1H3/t16-/m0/s1. The molecule has 0 aliphatic carbocycles. The van der Waals surface area contributed by atoms with E-state index < -0.39 is 10.0 Å². The van der Waals surface area contributed by atoms with Crippen LogP contribution >= 0.6 is 0 Å². The number of carbonyl (C=O) groups is 1. The molecule has 1 saturated heterocycles. The predicted octanol–water partition coefficient (Wildman–Crippen LogP) is 2.26. The maximum Gasteiger partial charge on any atom is 0.264 e. The number of carbonyl (C=O) groups excluding carboxylic acids is 1. The number of fused-ring (bicyclic) bond motifs is 1. The Balaban J connectivity index is 1.67. The predicted molar refractivity (Wildman–Crippen MR) is 109 cm³/mol. The van der Waals surface area contributed by atoms with Crippen LogP contribution in [0, 0.1) is 0 Å². The molecule has 4 rings (SSSR count). The summed E-state index contributed by atoms with van der Waals surface area (Å²) in [5.74, 6) is -0.120. The van der Waals surface area contributed by atoms with Crippen LogP contribution in [-0.2, 0) is 16.4 Å². The van der Waals surface area contributed by atoms with Crippen molar-refractivity contribution in [1.82, 2.24) is 10.2 Å². The summed E-state index contributed by atoms with van der Waals surface area (Å²) >= 11 is 0. The number of sulfonamides is 1. The molecule has 0 aromatic heterocycles. The number of hydrogen-bond acceptors (Lipinski definition) is 4. The van der Waals surface area contributed by atoms with E-state index in [0.29, 0.717) is 18.7 Å². The van der Waals surface area contributed by atoms with Gasteiger partial charge in [0.1, 0.15) is 0 Å². The molecule has 1 fully saturated rings. The van der Waals surface area contributed by atoms with Gasteiger partial charge in [0, 0.05) is 37.8 Å². The average Bonchev–Trinajstić information content (AvgIpc) is 2.73. The highest BCUT2D eigenvalue weighted by Crippen LogP contribution is 2.32. The van der Waals surface area contributed by atoms with Gasteiger partial charge < -0.3 is 10.2 Å². The smallest absolute Gasteiger partial charge is 0.264 e. The largest absolute Gasteiger partial charge is 0.333 e. The van der Waals surface area contributed by atoms with E-state index in [2.05, 4.69) is 5.32 Å². The van der Waals surface area contributed by atoms with Crippen LogP contribution in [0.4, 0.5) is 5.69 Å². The Morgan fingerprint density at radius 2 is 1.93 bits per heavy atom. The van der Waals surface area contributed by atoms with E-state index in [-0.39, 0.29) is 16.8 Å². The summed E-state index contributed by atoms with van der Waals surface area (Å²) in [7, 11) is -3.73. The van der Waals surface area contributed by atoms with Gasteiger partial charge >= 0.3 is 0 Å². The van der Waals surface area contributed by atoms with Gasteiger partial charge in [0.25, 0.3) is 15.9 Å². The van der Waals surface area contributed by atoms with Crippen molar-refractivity contribution in [2.75, 3.05) is 30.5 Å². The number of rotatable bonds is 3. The minimum atomic E-state index is -3.73. The number of anilines is 1. The summed E-state index contributed by atoms with van der Waals surface area (Å²) in [4.78, 5) is 14.9. The third kappa shape index (κ3) is 3.40. The van der Waals surface area contributed by atoms with Gasteiger partial charge in [-0.1, -0.05) is 24.3 Å². The molecular weight excluding hydrogens is 374 g/mol. The third-order valence-corrected chi connectivity index (χ3v) is 7.31. The fraction of sp³-hybridized carbons (Fsp3) is 0.381. The molecule has 1 atom stereocenters. The highest BCUT2D eigenvalue weighted by atomic mass is 32.2. The molecule has 2 heterocycles. The van der Waals surface area contributed by atoms with Crippen LogP contribution < -0.4 is 9.62 Å². The summed E-state index contributed by atoms with van der Waals surface area (Å²) in [6.45, 7) is 4.56.